The van der Waals surface area contributed by atoms with Gasteiger partial charge in [0.2, 0.25) is 0 Å². The van der Waals surface area contributed by atoms with Gasteiger partial charge in [0.1, 0.15) is 12.1 Å². The van der Waals surface area contributed by atoms with Crippen LogP contribution in [-0.4, -0.2) is 15.8 Å². The Bertz CT molecular complexity index is 531. The van der Waals surface area contributed by atoms with Gasteiger partial charge in [-0.1, -0.05) is 0 Å². The molecule has 0 atom stereocenters. The zero-order valence-corrected chi connectivity index (χ0v) is 9.61. The second-order valence-corrected chi connectivity index (χ2v) is 3.94. The molecule has 1 heterocycles. The molecule has 0 aliphatic heterocycles. The van der Waals surface area contributed by atoms with E-state index in [0.29, 0.717) is 11.1 Å². The van der Waals surface area contributed by atoms with Gasteiger partial charge in [0, 0.05) is 18.0 Å². The van der Waals surface area contributed by atoms with Gasteiger partial charge in [-0.05, 0) is 34.1 Å². The minimum Gasteiger partial charge on any atom is -0.288 e. The molecule has 0 amide bonds. The largest absolute Gasteiger partial charge is 0.288 e. The highest BCUT2D eigenvalue weighted by Crippen LogP contribution is 2.18. The van der Waals surface area contributed by atoms with Crippen molar-refractivity contribution in [1.29, 1.82) is 0 Å². The zero-order chi connectivity index (χ0) is 11.5. The average Bonchev–Trinajstić information content (AvgIpc) is 2.33. The van der Waals surface area contributed by atoms with Crippen LogP contribution in [0.15, 0.2) is 41.4 Å². The molecule has 0 spiro atoms. The van der Waals surface area contributed by atoms with Crippen molar-refractivity contribution < 1.29 is 9.18 Å². The van der Waals surface area contributed by atoms with Crippen LogP contribution in [0.25, 0.3) is 0 Å². The number of nitrogens with zero attached hydrogens (tertiary/aromatic N) is 2. The first kappa shape index (κ1) is 10.9. The van der Waals surface area contributed by atoms with Crippen molar-refractivity contribution in [3.8, 4) is 0 Å². The van der Waals surface area contributed by atoms with Crippen molar-refractivity contribution >= 4 is 21.7 Å². The maximum atomic E-state index is 13.0. The Balaban J connectivity index is 2.39. The van der Waals surface area contributed by atoms with Crippen molar-refractivity contribution in [2.75, 3.05) is 0 Å². The second kappa shape index (κ2) is 4.49. The molecule has 0 aliphatic rings. The molecule has 1 aromatic carbocycles. The lowest BCUT2D eigenvalue weighted by Crippen LogP contribution is -2.02. The summed E-state index contributed by atoms with van der Waals surface area (Å²) >= 11 is 3.03. The Morgan fingerprint density at radius 1 is 1.19 bits per heavy atom. The molecule has 0 bridgehead atoms. The molecule has 0 fully saturated rings. The van der Waals surface area contributed by atoms with E-state index in [1.165, 1.54) is 36.9 Å². The van der Waals surface area contributed by atoms with E-state index in [2.05, 4.69) is 25.9 Å². The zero-order valence-electron chi connectivity index (χ0n) is 8.02. The fourth-order valence-electron chi connectivity index (χ4n) is 1.22. The predicted octanol–water partition coefficient (Wildman–Crippen LogP) is 2.61. The lowest BCUT2D eigenvalue weighted by molar-refractivity contribution is 0.103. The topological polar surface area (TPSA) is 42.9 Å². The molecule has 1 aromatic heterocycles. The maximum absolute atomic E-state index is 13.0. The monoisotopic (exact) mass is 280 g/mol. The van der Waals surface area contributed by atoms with E-state index >= 15 is 0 Å². The van der Waals surface area contributed by atoms with Crippen LogP contribution in [0.2, 0.25) is 0 Å². The van der Waals surface area contributed by atoms with Crippen LogP contribution >= 0.6 is 15.9 Å². The number of rotatable bonds is 2. The summed E-state index contributed by atoms with van der Waals surface area (Å²) in [6.07, 6.45) is 4.19. The van der Waals surface area contributed by atoms with Crippen molar-refractivity contribution in [2.24, 2.45) is 0 Å². The molecule has 0 N–H and O–H groups in total. The fraction of sp³-hybridized carbons (Fsp3) is 0. The first-order chi connectivity index (χ1) is 7.68. The Morgan fingerprint density at radius 2 is 1.88 bits per heavy atom. The highest BCUT2D eigenvalue weighted by atomic mass is 79.9. The molecule has 2 aromatic rings. The third-order valence-corrected chi connectivity index (χ3v) is 2.61. The quantitative estimate of drug-likeness (QED) is 0.795. The summed E-state index contributed by atoms with van der Waals surface area (Å²) in [6.45, 7) is 0. The number of ketones is 1. The summed E-state index contributed by atoms with van der Waals surface area (Å²) in [5, 5.41) is 0. The molecule has 0 unspecified atom stereocenters. The van der Waals surface area contributed by atoms with Crippen molar-refractivity contribution in [1.82, 2.24) is 9.97 Å². The molecule has 5 heteroatoms. The van der Waals surface area contributed by atoms with E-state index in [9.17, 15) is 9.18 Å². The van der Waals surface area contributed by atoms with E-state index in [4.69, 9.17) is 0 Å². The van der Waals surface area contributed by atoms with Crippen LogP contribution in [0.1, 0.15) is 15.9 Å². The minimum atomic E-state index is -0.402. The lowest BCUT2D eigenvalue weighted by atomic mass is 10.1. The molecule has 0 radical (unpaired) electrons. The predicted molar refractivity (Wildman–Crippen MR) is 59.6 cm³/mol. The van der Waals surface area contributed by atoms with Crippen LogP contribution in [0.3, 0.4) is 0 Å². The molecule has 3 nitrogen and oxygen atoms in total. The molecule has 0 aliphatic carbocycles. The number of aromatic nitrogens is 2. The fourth-order valence-corrected chi connectivity index (χ4v) is 1.60. The van der Waals surface area contributed by atoms with Gasteiger partial charge in [0.15, 0.2) is 5.78 Å². The average molecular weight is 281 g/mol. The van der Waals surface area contributed by atoms with Gasteiger partial charge >= 0.3 is 0 Å². The van der Waals surface area contributed by atoms with Crippen LogP contribution in [-0.2, 0) is 0 Å². The van der Waals surface area contributed by atoms with Crippen LogP contribution in [0.4, 0.5) is 4.39 Å². The van der Waals surface area contributed by atoms with Crippen LogP contribution in [0, 0.1) is 5.82 Å². The number of carbonyl (C=O) groups is 1. The summed E-state index contributed by atoms with van der Waals surface area (Å²) in [5.74, 6) is -0.637. The third kappa shape index (κ3) is 2.14. The SMILES string of the molecule is O=C(c1cncnc1)c1ccc(F)c(Br)c1. The Labute approximate surface area is 99.5 Å². The van der Waals surface area contributed by atoms with Crippen LogP contribution in [0.5, 0.6) is 0 Å². The maximum Gasteiger partial charge on any atom is 0.196 e. The van der Waals surface area contributed by atoms with Gasteiger partial charge in [-0.25, -0.2) is 14.4 Å². The number of benzene rings is 1. The Morgan fingerprint density at radius 3 is 2.50 bits per heavy atom. The summed E-state index contributed by atoms with van der Waals surface area (Å²) in [6, 6.07) is 4.10. The molecule has 0 saturated carbocycles. The van der Waals surface area contributed by atoms with Crippen molar-refractivity contribution in [3.63, 3.8) is 0 Å². The van der Waals surface area contributed by atoms with E-state index in [0.717, 1.165) is 0 Å². The summed E-state index contributed by atoms with van der Waals surface area (Å²) in [5.41, 5.74) is 0.768. The van der Waals surface area contributed by atoms with Gasteiger partial charge in [0.25, 0.3) is 0 Å². The van der Waals surface area contributed by atoms with E-state index < -0.39 is 5.82 Å². The minimum absolute atomic E-state index is 0.235. The molecule has 2 rings (SSSR count). The molecule has 80 valence electrons. The van der Waals surface area contributed by atoms with Crippen molar-refractivity contribution in [2.45, 2.75) is 0 Å². The van der Waals surface area contributed by atoms with Gasteiger partial charge in [-0.15, -0.1) is 0 Å². The molecule has 16 heavy (non-hydrogen) atoms. The van der Waals surface area contributed by atoms with E-state index in [1.807, 2.05) is 0 Å². The standard InChI is InChI=1S/C11H6BrFN2O/c12-9-3-7(1-2-10(9)13)11(16)8-4-14-6-15-5-8/h1-6H. The number of carbonyl (C=O) groups excluding carboxylic acids is 1. The first-order valence-electron chi connectivity index (χ1n) is 4.43. The van der Waals surface area contributed by atoms with Gasteiger partial charge in [-0.2, -0.15) is 0 Å². The van der Waals surface area contributed by atoms with E-state index in [-0.39, 0.29) is 10.3 Å². The summed E-state index contributed by atoms with van der Waals surface area (Å²) in [4.78, 5) is 19.4. The summed E-state index contributed by atoms with van der Waals surface area (Å²) < 4.78 is 13.2. The molecular weight excluding hydrogens is 275 g/mol. The van der Waals surface area contributed by atoms with Gasteiger partial charge < -0.3 is 0 Å². The van der Waals surface area contributed by atoms with Gasteiger partial charge in [0.05, 0.1) is 10.0 Å². The molecule has 0 saturated heterocycles. The smallest absolute Gasteiger partial charge is 0.196 e. The number of hydrogen-bond donors (Lipinski definition) is 0. The summed E-state index contributed by atoms with van der Waals surface area (Å²) in [7, 11) is 0. The van der Waals surface area contributed by atoms with Gasteiger partial charge in [-0.3, -0.25) is 4.79 Å². The highest BCUT2D eigenvalue weighted by Gasteiger charge is 2.11. The Kier molecular flexibility index (Phi) is 3.05. The third-order valence-electron chi connectivity index (χ3n) is 2.00. The molecular formula is C11H6BrFN2O. The number of halogens is 2. The van der Waals surface area contributed by atoms with Crippen LogP contribution < -0.4 is 0 Å². The first-order valence-corrected chi connectivity index (χ1v) is 5.22. The normalized spacial score (nSPS) is 10.1. The van der Waals surface area contributed by atoms with Crippen molar-refractivity contribution in [3.05, 3.63) is 58.3 Å². The highest BCUT2D eigenvalue weighted by molar-refractivity contribution is 9.10. The number of hydrogen-bond acceptors (Lipinski definition) is 3. The lowest BCUT2D eigenvalue weighted by Gasteiger charge is -2.01. The Hall–Kier alpha value is -1.62. The second-order valence-electron chi connectivity index (χ2n) is 3.09. The van der Waals surface area contributed by atoms with E-state index in [1.54, 1.807) is 0 Å².